The van der Waals surface area contributed by atoms with E-state index in [0.29, 0.717) is 10.7 Å². The molecule has 0 aromatic heterocycles. The van der Waals surface area contributed by atoms with Gasteiger partial charge in [-0.15, -0.1) is 0 Å². The fourth-order valence-corrected chi connectivity index (χ4v) is 3.47. The number of nitrogens with one attached hydrogen (secondary N) is 2. The van der Waals surface area contributed by atoms with Crippen molar-refractivity contribution in [2.24, 2.45) is 0 Å². The van der Waals surface area contributed by atoms with E-state index >= 15 is 0 Å². The number of carbonyl (C=O) groups is 2. The normalized spacial score (nSPS) is 12.3. The lowest BCUT2D eigenvalue weighted by molar-refractivity contribution is -0.148. The number of ether oxygens (including phenoxy) is 1. The maximum absolute atomic E-state index is 12.3. The first kappa shape index (κ1) is 20.9. The van der Waals surface area contributed by atoms with Crippen LogP contribution in [0.1, 0.15) is 12.5 Å². The van der Waals surface area contributed by atoms with Gasteiger partial charge in [-0.05, 0) is 44.2 Å². The first-order valence-corrected chi connectivity index (χ1v) is 9.84. The molecule has 2 rings (SSSR count). The van der Waals surface area contributed by atoms with Crippen LogP contribution in [0, 0.1) is 6.92 Å². The van der Waals surface area contributed by atoms with E-state index in [2.05, 4.69) is 10.0 Å². The molecule has 0 aliphatic rings. The van der Waals surface area contributed by atoms with Gasteiger partial charge in [0.15, 0.2) is 6.61 Å². The minimum absolute atomic E-state index is 0.0337. The van der Waals surface area contributed by atoms with Gasteiger partial charge in [0.2, 0.25) is 10.0 Å². The van der Waals surface area contributed by atoms with Crippen molar-refractivity contribution in [1.82, 2.24) is 4.72 Å². The summed E-state index contributed by atoms with van der Waals surface area (Å²) in [6.45, 7) is 2.61. The molecule has 7 nitrogen and oxygen atoms in total. The van der Waals surface area contributed by atoms with E-state index in [0.717, 1.165) is 5.56 Å². The van der Waals surface area contributed by atoms with Gasteiger partial charge in [0, 0.05) is 10.7 Å². The molecule has 0 aliphatic carbocycles. The topological polar surface area (TPSA) is 102 Å². The van der Waals surface area contributed by atoms with Crippen LogP contribution >= 0.6 is 11.6 Å². The summed E-state index contributed by atoms with van der Waals surface area (Å²) in [7, 11) is -3.88. The Bertz CT molecular complexity index is 929. The van der Waals surface area contributed by atoms with Gasteiger partial charge < -0.3 is 10.1 Å². The van der Waals surface area contributed by atoms with Crippen LogP contribution in [-0.2, 0) is 24.3 Å². The highest BCUT2D eigenvalue weighted by Gasteiger charge is 2.23. The molecule has 144 valence electrons. The summed E-state index contributed by atoms with van der Waals surface area (Å²) in [5, 5.41) is 2.97. The minimum atomic E-state index is -3.88. The summed E-state index contributed by atoms with van der Waals surface area (Å²) < 4.78 is 31.6. The minimum Gasteiger partial charge on any atom is -0.454 e. The summed E-state index contributed by atoms with van der Waals surface area (Å²) in [6.07, 6.45) is 0. The number of rotatable bonds is 7. The van der Waals surface area contributed by atoms with E-state index in [4.69, 9.17) is 16.3 Å². The second-order valence-corrected chi connectivity index (χ2v) is 7.97. The van der Waals surface area contributed by atoms with Crippen molar-refractivity contribution in [3.8, 4) is 0 Å². The van der Waals surface area contributed by atoms with Crippen LogP contribution in [0.4, 0.5) is 5.69 Å². The lowest BCUT2D eigenvalue weighted by Gasteiger charge is -2.14. The monoisotopic (exact) mass is 410 g/mol. The quantitative estimate of drug-likeness (QED) is 0.683. The van der Waals surface area contributed by atoms with Gasteiger partial charge in [-0.1, -0.05) is 35.4 Å². The Kier molecular flexibility index (Phi) is 6.95. The molecular weight excluding hydrogens is 392 g/mol. The Hall–Kier alpha value is -2.42. The number of anilines is 1. The number of sulfonamides is 1. The summed E-state index contributed by atoms with van der Waals surface area (Å²) >= 11 is 5.82. The molecule has 0 unspecified atom stereocenters. The Morgan fingerprint density at radius 3 is 2.44 bits per heavy atom. The van der Waals surface area contributed by atoms with E-state index < -0.39 is 34.5 Å². The molecule has 0 heterocycles. The smallest absolute Gasteiger partial charge is 0.324 e. The number of hydrogen-bond donors (Lipinski definition) is 2. The van der Waals surface area contributed by atoms with E-state index in [1.54, 1.807) is 36.4 Å². The van der Waals surface area contributed by atoms with Gasteiger partial charge in [-0.3, -0.25) is 9.59 Å². The van der Waals surface area contributed by atoms with Gasteiger partial charge in [-0.2, -0.15) is 4.72 Å². The number of esters is 1. The van der Waals surface area contributed by atoms with Crippen LogP contribution in [0.25, 0.3) is 0 Å². The molecule has 0 radical (unpaired) electrons. The van der Waals surface area contributed by atoms with Crippen LogP contribution < -0.4 is 10.0 Å². The number of carbonyl (C=O) groups excluding carboxylic acids is 2. The zero-order valence-corrected chi connectivity index (χ0v) is 16.3. The largest absolute Gasteiger partial charge is 0.454 e. The molecule has 0 aliphatic heterocycles. The third-order valence-corrected chi connectivity index (χ3v) is 5.26. The summed E-state index contributed by atoms with van der Waals surface area (Å²) in [5.74, 6) is -1.44. The first-order chi connectivity index (χ1) is 12.7. The Morgan fingerprint density at radius 1 is 1.15 bits per heavy atom. The third kappa shape index (κ3) is 6.35. The van der Waals surface area contributed by atoms with Gasteiger partial charge in [0.05, 0.1) is 4.90 Å². The second kappa shape index (κ2) is 8.98. The van der Waals surface area contributed by atoms with Crippen LogP contribution in [0.5, 0.6) is 0 Å². The number of benzene rings is 2. The zero-order valence-electron chi connectivity index (χ0n) is 14.7. The van der Waals surface area contributed by atoms with Crippen molar-refractivity contribution in [2.75, 3.05) is 11.9 Å². The van der Waals surface area contributed by atoms with Crippen molar-refractivity contribution in [3.05, 3.63) is 59.1 Å². The maximum atomic E-state index is 12.3. The molecule has 0 spiro atoms. The lowest BCUT2D eigenvalue weighted by atomic mass is 10.2. The van der Waals surface area contributed by atoms with Crippen LogP contribution in [0.2, 0.25) is 5.02 Å². The molecule has 0 saturated heterocycles. The molecule has 1 atom stereocenters. The van der Waals surface area contributed by atoms with E-state index in [9.17, 15) is 18.0 Å². The van der Waals surface area contributed by atoms with Crippen molar-refractivity contribution < 1.29 is 22.7 Å². The van der Waals surface area contributed by atoms with Gasteiger partial charge in [-0.25, -0.2) is 8.42 Å². The van der Waals surface area contributed by atoms with Crippen molar-refractivity contribution >= 4 is 39.2 Å². The van der Waals surface area contributed by atoms with Crippen molar-refractivity contribution in [3.63, 3.8) is 0 Å². The predicted octanol–water partition coefficient (Wildman–Crippen LogP) is 2.50. The van der Waals surface area contributed by atoms with Crippen LogP contribution in [0.3, 0.4) is 0 Å². The Balaban J connectivity index is 1.87. The first-order valence-electron chi connectivity index (χ1n) is 7.98. The molecule has 0 saturated carbocycles. The highest BCUT2D eigenvalue weighted by molar-refractivity contribution is 7.89. The maximum Gasteiger partial charge on any atom is 0.324 e. The van der Waals surface area contributed by atoms with Crippen LogP contribution in [0.15, 0.2) is 53.4 Å². The SMILES string of the molecule is Cc1ccc(S(=O)(=O)N[C@@H](C)C(=O)OCC(=O)Nc2cccc(Cl)c2)cc1. The van der Waals surface area contributed by atoms with Crippen molar-refractivity contribution in [2.45, 2.75) is 24.8 Å². The average molecular weight is 411 g/mol. The van der Waals surface area contributed by atoms with E-state index in [1.807, 2.05) is 6.92 Å². The molecule has 0 bridgehead atoms. The lowest BCUT2D eigenvalue weighted by Crippen LogP contribution is -2.40. The molecule has 2 aromatic carbocycles. The van der Waals surface area contributed by atoms with Crippen molar-refractivity contribution in [1.29, 1.82) is 0 Å². The molecule has 0 fully saturated rings. The second-order valence-electron chi connectivity index (χ2n) is 5.82. The van der Waals surface area contributed by atoms with Crippen LogP contribution in [-0.4, -0.2) is 32.9 Å². The molecule has 2 aromatic rings. The fraction of sp³-hybridized carbons (Fsp3) is 0.222. The molecule has 9 heteroatoms. The third-order valence-electron chi connectivity index (χ3n) is 3.47. The van der Waals surface area contributed by atoms with E-state index in [-0.39, 0.29) is 4.90 Å². The highest BCUT2D eigenvalue weighted by atomic mass is 35.5. The Morgan fingerprint density at radius 2 is 1.81 bits per heavy atom. The van der Waals surface area contributed by atoms with Gasteiger partial charge in [0.1, 0.15) is 6.04 Å². The summed E-state index contributed by atoms with van der Waals surface area (Å²) in [5.41, 5.74) is 1.36. The highest BCUT2D eigenvalue weighted by Crippen LogP contribution is 2.15. The standard InChI is InChI=1S/C18H19ClN2O5S/c1-12-6-8-16(9-7-12)27(24,25)21-13(2)18(23)26-11-17(22)20-15-5-3-4-14(19)10-15/h3-10,13,21H,11H2,1-2H3,(H,20,22)/t13-/m0/s1. The molecule has 2 N–H and O–H groups in total. The average Bonchev–Trinajstić information content (AvgIpc) is 2.59. The van der Waals surface area contributed by atoms with Gasteiger partial charge in [0.25, 0.3) is 5.91 Å². The number of halogens is 1. The molecule has 1 amide bonds. The number of hydrogen-bond acceptors (Lipinski definition) is 5. The Labute approximate surface area is 162 Å². The molecule has 27 heavy (non-hydrogen) atoms. The summed E-state index contributed by atoms with van der Waals surface area (Å²) in [6, 6.07) is 11.5. The predicted molar refractivity (Wildman–Crippen MR) is 102 cm³/mol. The fourth-order valence-electron chi connectivity index (χ4n) is 2.09. The number of aryl methyl sites for hydroxylation is 1. The number of amides is 1. The van der Waals surface area contributed by atoms with Gasteiger partial charge >= 0.3 is 5.97 Å². The zero-order chi connectivity index (χ0) is 20.0. The summed E-state index contributed by atoms with van der Waals surface area (Å²) in [4.78, 5) is 23.8. The van der Waals surface area contributed by atoms with E-state index in [1.165, 1.54) is 19.1 Å². The molecular formula is C18H19ClN2O5S.